The fourth-order valence-electron chi connectivity index (χ4n) is 3.97. The van der Waals surface area contributed by atoms with Gasteiger partial charge in [-0.2, -0.15) is 0 Å². The highest BCUT2D eigenvalue weighted by molar-refractivity contribution is 7.18. The Bertz CT molecular complexity index is 1040. The quantitative estimate of drug-likeness (QED) is 0.548. The zero-order chi connectivity index (χ0) is 23.4. The summed E-state index contributed by atoms with van der Waals surface area (Å²) in [7, 11) is 0. The highest BCUT2D eigenvalue weighted by Gasteiger charge is 2.33. The summed E-state index contributed by atoms with van der Waals surface area (Å²) >= 11 is 7.06. The van der Waals surface area contributed by atoms with Gasteiger partial charge in [0.05, 0.1) is 40.2 Å². The molecule has 3 amide bonds. The van der Waals surface area contributed by atoms with Crippen molar-refractivity contribution in [2.24, 2.45) is 5.73 Å². The normalized spacial score (nSPS) is 18.2. The maximum atomic E-state index is 12.5. The van der Waals surface area contributed by atoms with E-state index in [1.54, 1.807) is 18.2 Å². The standard InChI is InChI=1S/C22H26ClN5O4S/c23-19-7-6-18(33-19)21(30)25-12-15-13-28(22(31)32-15)14-4-5-17(27-8-2-1-3-9-27)16(10-14)26-20(29)11-24/h4-7,10,15H,1-3,8-9,11-13,24H2,(H,25,30)(H,26,29). The predicted octanol–water partition coefficient (Wildman–Crippen LogP) is 3.04. The molecule has 176 valence electrons. The largest absolute Gasteiger partial charge is 0.442 e. The van der Waals surface area contributed by atoms with Crippen molar-refractivity contribution in [3.05, 3.63) is 39.5 Å². The molecule has 2 fully saturated rings. The molecule has 2 aliphatic rings. The van der Waals surface area contributed by atoms with Crippen LogP contribution in [0.3, 0.4) is 0 Å². The number of carbonyl (C=O) groups is 3. The molecule has 11 heteroatoms. The van der Waals surface area contributed by atoms with E-state index in [1.807, 2.05) is 12.1 Å². The first-order valence-corrected chi connectivity index (χ1v) is 12.0. The smallest absolute Gasteiger partial charge is 0.414 e. The van der Waals surface area contributed by atoms with Crippen molar-refractivity contribution in [1.82, 2.24) is 5.32 Å². The number of benzene rings is 1. The maximum absolute atomic E-state index is 12.5. The number of cyclic esters (lactones) is 1. The summed E-state index contributed by atoms with van der Waals surface area (Å²) < 4.78 is 5.97. The predicted molar refractivity (Wildman–Crippen MR) is 129 cm³/mol. The molecule has 2 aliphatic heterocycles. The molecule has 0 spiro atoms. The van der Waals surface area contributed by atoms with Crippen LogP contribution >= 0.6 is 22.9 Å². The number of nitrogens with zero attached hydrogens (tertiary/aromatic N) is 2. The number of nitrogens with one attached hydrogen (secondary N) is 2. The first-order valence-electron chi connectivity index (χ1n) is 10.8. The number of hydrogen-bond donors (Lipinski definition) is 3. The SMILES string of the molecule is NCC(=O)Nc1cc(N2CC(CNC(=O)c3ccc(Cl)s3)OC2=O)ccc1N1CCCCC1. The number of rotatable bonds is 7. The number of hydrogen-bond acceptors (Lipinski definition) is 7. The van der Waals surface area contributed by atoms with Gasteiger partial charge in [0, 0.05) is 18.8 Å². The molecule has 0 aliphatic carbocycles. The number of thiophene rings is 1. The number of piperidine rings is 1. The van der Waals surface area contributed by atoms with E-state index < -0.39 is 12.2 Å². The maximum Gasteiger partial charge on any atom is 0.414 e. The summed E-state index contributed by atoms with van der Waals surface area (Å²) in [5.41, 5.74) is 7.63. The number of halogens is 1. The summed E-state index contributed by atoms with van der Waals surface area (Å²) in [6.07, 6.45) is 2.37. The third-order valence-electron chi connectivity index (χ3n) is 5.61. The van der Waals surface area contributed by atoms with Gasteiger partial charge in [0.1, 0.15) is 6.10 Å². The summed E-state index contributed by atoms with van der Waals surface area (Å²) in [4.78, 5) is 41.0. The molecule has 0 saturated carbocycles. The number of nitrogens with two attached hydrogens (primary N) is 1. The molecular weight excluding hydrogens is 466 g/mol. The lowest BCUT2D eigenvalue weighted by Gasteiger charge is -2.31. The first-order chi connectivity index (χ1) is 15.9. The first kappa shape index (κ1) is 23.3. The van der Waals surface area contributed by atoms with E-state index in [4.69, 9.17) is 22.1 Å². The van der Waals surface area contributed by atoms with Crippen LogP contribution in [0.5, 0.6) is 0 Å². The molecule has 1 aromatic carbocycles. The van der Waals surface area contributed by atoms with E-state index in [1.165, 1.54) is 22.7 Å². The van der Waals surface area contributed by atoms with Gasteiger partial charge in [0.15, 0.2) is 0 Å². The molecule has 2 aromatic rings. The number of amides is 3. The van der Waals surface area contributed by atoms with Crippen molar-refractivity contribution in [1.29, 1.82) is 0 Å². The minimum atomic E-state index is -0.504. The van der Waals surface area contributed by atoms with Crippen LogP contribution in [0.1, 0.15) is 28.9 Å². The Morgan fingerprint density at radius 2 is 1.97 bits per heavy atom. The number of carbonyl (C=O) groups excluding carboxylic acids is 3. The molecule has 1 atom stereocenters. The van der Waals surface area contributed by atoms with Gasteiger partial charge in [-0.15, -0.1) is 11.3 Å². The van der Waals surface area contributed by atoms with E-state index in [2.05, 4.69) is 15.5 Å². The van der Waals surface area contributed by atoms with E-state index >= 15 is 0 Å². The molecule has 3 heterocycles. The minimum Gasteiger partial charge on any atom is -0.442 e. The molecule has 2 saturated heterocycles. The zero-order valence-electron chi connectivity index (χ0n) is 18.0. The Morgan fingerprint density at radius 3 is 2.67 bits per heavy atom. The Labute approximate surface area is 200 Å². The lowest BCUT2D eigenvalue weighted by molar-refractivity contribution is -0.114. The Balaban J connectivity index is 1.45. The third kappa shape index (κ3) is 5.58. The van der Waals surface area contributed by atoms with Gasteiger partial charge in [-0.25, -0.2) is 4.79 Å². The Morgan fingerprint density at radius 1 is 1.18 bits per heavy atom. The van der Waals surface area contributed by atoms with Gasteiger partial charge in [0.25, 0.3) is 5.91 Å². The fraction of sp³-hybridized carbons (Fsp3) is 0.409. The lowest BCUT2D eigenvalue weighted by atomic mass is 10.1. The molecule has 33 heavy (non-hydrogen) atoms. The van der Waals surface area contributed by atoms with Crippen LogP contribution in [0.25, 0.3) is 0 Å². The Hall–Kier alpha value is -2.82. The second-order valence-corrected chi connectivity index (χ2v) is 9.65. The van der Waals surface area contributed by atoms with E-state index in [-0.39, 0.29) is 31.4 Å². The molecule has 4 rings (SSSR count). The monoisotopic (exact) mass is 491 g/mol. The van der Waals surface area contributed by atoms with Gasteiger partial charge in [-0.3, -0.25) is 14.5 Å². The van der Waals surface area contributed by atoms with Crippen LogP contribution in [-0.2, 0) is 9.53 Å². The van der Waals surface area contributed by atoms with Gasteiger partial charge in [0.2, 0.25) is 5.91 Å². The van der Waals surface area contributed by atoms with Gasteiger partial charge in [-0.1, -0.05) is 11.6 Å². The lowest BCUT2D eigenvalue weighted by Crippen LogP contribution is -2.34. The third-order valence-corrected chi connectivity index (χ3v) is 6.84. The molecule has 1 unspecified atom stereocenters. The van der Waals surface area contributed by atoms with Crippen LogP contribution in [0.15, 0.2) is 30.3 Å². The van der Waals surface area contributed by atoms with Gasteiger partial charge < -0.3 is 26.0 Å². The fourth-order valence-corrected chi connectivity index (χ4v) is 4.93. The Kier molecular flexibility index (Phi) is 7.36. The van der Waals surface area contributed by atoms with E-state index in [0.717, 1.165) is 31.6 Å². The highest BCUT2D eigenvalue weighted by atomic mass is 35.5. The molecule has 4 N–H and O–H groups in total. The average molecular weight is 492 g/mol. The minimum absolute atomic E-state index is 0.132. The van der Waals surface area contributed by atoms with E-state index in [9.17, 15) is 14.4 Å². The summed E-state index contributed by atoms with van der Waals surface area (Å²) in [5, 5.41) is 5.63. The van der Waals surface area contributed by atoms with Crippen LogP contribution < -0.4 is 26.2 Å². The second kappa shape index (κ2) is 10.4. The van der Waals surface area contributed by atoms with Gasteiger partial charge in [-0.05, 0) is 49.6 Å². The molecule has 1 aromatic heterocycles. The second-order valence-electron chi connectivity index (χ2n) is 7.93. The van der Waals surface area contributed by atoms with Gasteiger partial charge >= 0.3 is 6.09 Å². The highest BCUT2D eigenvalue weighted by Crippen LogP contribution is 2.34. The summed E-state index contributed by atoms with van der Waals surface area (Å²) in [6.45, 7) is 2.14. The van der Waals surface area contributed by atoms with Crippen LogP contribution in [-0.4, -0.2) is 56.7 Å². The van der Waals surface area contributed by atoms with E-state index in [0.29, 0.717) is 20.6 Å². The summed E-state index contributed by atoms with van der Waals surface area (Å²) in [6, 6.07) is 8.84. The van der Waals surface area contributed by atoms with Crippen LogP contribution in [0, 0.1) is 0 Å². The van der Waals surface area contributed by atoms with Crippen LogP contribution in [0.4, 0.5) is 21.9 Å². The molecule has 0 radical (unpaired) electrons. The molecular formula is C22H26ClN5O4S. The van der Waals surface area contributed by atoms with Crippen molar-refractivity contribution >= 4 is 57.9 Å². The zero-order valence-corrected chi connectivity index (χ0v) is 19.6. The van der Waals surface area contributed by atoms with Crippen molar-refractivity contribution in [3.63, 3.8) is 0 Å². The molecule has 0 bridgehead atoms. The van der Waals surface area contributed by atoms with Crippen molar-refractivity contribution in [3.8, 4) is 0 Å². The topological polar surface area (TPSA) is 117 Å². The molecule has 9 nitrogen and oxygen atoms in total. The number of anilines is 3. The van der Waals surface area contributed by atoms with Crippen LogP contribution in [0.2, 0.25) is 4.34 Å². The van der Waals surface area contributed by atoms with Crippen molar-refractivity contribution in [2.75, 3.05) is 47.8 Å². The average Bonchev–Trinajstić information content (AvgIpc) is 3.43. The summed E-state index contributed by atoms with van der Waals surface area (Å²) in [5.74, 6) is -0.567. The van der Waals surface area contributed by atoms with Crippen molar-refractivity contribution < 1.29 is 19.1 Å². The van der Waals surface area contributed by atoms with Crippen molar-refractivity contribution in [2.45, 2.75) is 25.4 Å². The number of ether oxygens (including phenoxy) is 1.